The first kappa shape index (κ1) is 32.8. The van der Waals surface area contributed by atoms with E-state index in [0.29, 0.717) is 23.6 Å². The number of carbonyl (C=O) groups is 2. The number of hydrogen-bond acceptors (Lipinski definition) is 5. The summed E-state index contributed by atoms with van der Waals surface area (Å²) in [7, 11) is -4.16. The number of carbonyl (C=O) groups excluding carboxylic acids is 2. The van der Waals surface area contributed by atoms with Crippen molar-refractivity contribution in [1.29, 1.82) is 0 Å². The largest absolute Gasteiger partial charge is 0.457 e. The standard InChI is InChI=1S/C37H41N3O5S/c1-3-35(37(42)38-30-16-12-13-17-30)39(26-29-15-11-10-14-28(29)2)36(41)27-40(46(43,44)34-20-8-5-9-21-34)31-22-24-33(25-23-31)45-32-18-6-4-7-19-32/h4-11,14-15,18-25,30,35H,3,12-13,16-17,26-27H2,1-2H3,(H,38,42)/t35-/m0/s1. The van der Waals surface area contributed by atoms with Gasteiger partial charge in [0.1, 0.15) is 24.1 Å². The van der Waals surface area contributed by atoms with Crippen LogP contribution in [0.5, 0.6) is 11.5 Å². The molecule has 46 heavy (non-hydrogen) atoms. The molecular weight excluding hydrogens is 598 g/mol. The van der Waals surface area contributed by atoms with Gasteiger partial charge in [0.25, 0.3) is 10.0 Å². The van der Waals surface area contributed by atoms with E-state index in [1.165, 1.54) is 17.0 Å². The number of nitrogens with zero attached hydrogens (tertiary/aromatic N) is 2. The Balaban J connectivity index is 1.48. The third-order valence-corrected chi connectivity index (χ3v) is 10.2. The van der Waals surface area contributed by atoms with Crippen LogP contribution in [-0.4, -0.2) is 43.8 Å². The zero-order valence-corrected chi connectivity index (χ0v) is 27.2. The molecule has 4 aromatic carbocycles. The van der Waals surface area contributed by atoms with Crippen molar-refractivity contribution in [3.8, 4) is 11.5 Å². The van der Waals surface area contributed by atoms with E-state index in [0.717, 1.165) is 41.1 Å². The third-order valence-electron chi connectivity index (χ3n) is 8.40. The molecule has 5 rings (SSSR count). The van der Waals surface area contributed by atoms with Crippen molar-refractivity contribution in [1.82, 2.24) is 10.2 Å². The number of anilines is 1. The lowest BCUT2D eigenvalue weighted by Gasteiger charge is -2.34. The Hall–Kier alpha value is -4.63. The van der Waals surface area contributed by atoms with Crippen molar-refractivity contribution in [2.24, 2.45) is 0 Å². The van der Waals surface area contributed by atoms with E-state index < -0.39 is 28.5 Å². The number of para-hydroxylation sites is 1. The van der Waals surface area contributed by atoms with Crippen molar-refractivity contribution in [2.45, 2.75) is 69.5 Å². The molecule has 2 amide bonds. The molecule has 1 fully saturated rings. The number of benzene rings is 4. The number of ether oxygens (including phenoxy) is 1. The van der Waals surface area contributed by atoms with Crippen molar-refractivity contribution < 1.29 is 22.7 Å². The van der Waals surface area contributed by atoms with E-state index in [9.17, 15) is 18.0 Å². The molecule has 1 saturated carbocycles. The Morgan fingerprint density at radius 1 is 0.826 bits per heavy atom. The molecule has 0 bridgehead atoms. The predicted molar refractivity (Wildman–Crippen MR) is 180 cm³/mol. The second-order valence-corrected chi connectivity index (χ2v) is 13.5. The van der Waals surface area contributed by atoms with Gasteiger partial charge in [-0.3, -0.25) is 13.9 Å². The summed E-state index contributed by atoms with van der Waals surface area (Å²) in [6.07, 6.45) is 4.35. The van der Waals surface area contributed by atoms with Gasteiger partial charge in [-0.25, -0.2) is 8.42 Å². The van der Waals surface area contributed by atoms with Crippen molar-refractivity contribution in [3.63, 3.8) is 0 Å². The summed E-state index contributed by atoms with van der Waals surface area (Å²) in [5.41, 5.74) is 2.17. The van der Waals surface area contributed by atoms with Crippen LogP contribution in [0.4, 0.5) is 5.69 Å². The van der Waals surface area contributed by atoms with Crippen LogP contribution < -0.4 is 14.4 Å². The van der Waals surface area contributed by atoms with Crippen LogP contribution in [0.15, 0.2) is 114 Å². The van der Waals surface area contributed by atoms with Crippen LogP contribution in [0.3, 0.4) is 0 Å². The Bertz CT molecular complexity index is 1710. The minimum absolute atomic E-state index is 0.0592. The Labute approximate surface area is 272 Å². The first-order chi connectivity index (χ1) is 22.3. The fourth-order valence-electron chi connectivity index (χ4n) is 5.81. The van der Waals surface area contributed by atoms with Gasteiger partial charge in [0, 0.05) is 12.6 Å². The maximum absolute atomic E-state index is 14.4. The molecule has 0 unspecified atom stereocenters. The zero-order valence-electron chi connectivity index (χ0n) is 26.3. The number of nitrogens with one attached hydrogen (secondary N) is 1. The van der Waals surface area contributed by atoms with Crippen LogP contribution in [0.2, 0.25) is 0 Å². The minimum Gasteiger partial charge on any atom is -0.457 e. The van der Waals surface area contributed by atoms with E-state index in [1.54, 1.807) is 42.5 Å². The number of amides is 2. The number of sulfonamides is 1. The topological polar surface area (TPSA) is 96.0 Å². The van der Waals surface area contributed by atoms with Crippen LogP contribution in [0.1, 0.15) is 50.2 Å². The van der Waals surface area contributed by atoms with Gasteiger partial charge in [0.2, 0.25) is 11.8 Å². The Kier molecular flexibility index (Phi) is 10.8. The molecule has 1 atom stereocenters. The molecule has 1 aliphatic carbocycles. The smallest absolute Gasteiger partial charge is 0.264 e. The summed E-state index contributed by atoms with van der Waals surface area (Å²) < 4.78 is 35.3. The molecule has 1 N–H and O–H groups in total. The molecule has 0 radical (unpaired) electrons. The second-order valence-electron chi connectivity index (χ2n) is 11.6. The molecule has 0 aromatic heterocycles. The van der Waals surface area contributed by atoms with Crippen molar-refractivity contribution in [2.75, 3.05) is 10.8 Å². The van der Waals surface area contributed by atoms with Gasteiger partial charge >= 0.3 is 0 Å². The van der Waals surface area contributed by atoms with E-state index in [1.807, 2.05) is 68.4 Å². The lowest BCUT2D eigenvalue weighted by atomic mass is 10.1. The zero-order chi connectivity index (χ0) is 32.5. The van der Waals surface area contributed by atoms with Crippen LogP contribution in [0.25, 0.3) is 0 Å². The van der Waals surface area contributed by atoms with Gasteiger partial charge in [-0.1, -0.05) is 80.4 Å². The summed E-state index contributed by atoms with van der Waals surface area (Å²) in [6.45, 7) is 3.52. The molecule has 4 aromatic rings. The summed E-state index contributed by atoms with van der Waals surface area (Å²) >= 11 is 0. The first-order valence-corrected chi connectivity index (χ1v) is 17.3. The fraction of sp³-hybridized carbons (Fsp3) is 0.297. The predicted octanol–water partition coefficient (Wildman–Crippen LogP) is 6.85. The maximum Gasteiger partial charge on any atom is 0.264 e. The lowest BCUT2D eigenvalue weighted by Crippen LogP contribution is -2.53. The Morgan fingerprint density at radius 2 is 1.41 bits per heavy atom. The highest BCUT2D eigenvalue weighted by molar-refractivity contribution is 7.92. The van der Waals surface area contributed by atoms with Gasteiger partial charge in [0.05, 0.1) is 10.6 Å². The van der Waals surface area contributed by atoms with Crippen LogP contribution >= 0.6 is 0 Å². The SMILES string of the molecule is CC[C@@H](C(=O)NC1CCCC1)N(Cc1ccccc1C)C(=O)CN(c1ccc(Oc2ccccc2)cc1)S(=O)(=O)c1ccccc1. The van der Waals surface area contributed by atoms with Crippen molar-refractivity contribution in [3.05, 3.63) is 120 Å². The molecular formula is C37H41N3O5S. The van der Waals surface area contributed by atoms with E-state index in [4.69, 9.17) is 4.74 Å². The van der Waals surface area contributed by atoms with Crippen molar-refractivity contribution >= 4 is 27.5 Å². The average Bonchev–Trinajstić information content (AvgIpc) is 3.58. The van der Waals surface area contributed by atoms with E-state index in [2.05, 4.69) is 5.32 Å². The molecule has 0 spiro atoms. The van der Waals surface area contributed by atoms with E-state index in [-0.39, 0.29) is 23.4 Å². The minimum atomic E-state index is -4.16. The van der Waals surface area contributed by atoms with Crippen LogP contribution in [0, 0.1) is 6.92 Å². The fourth-order valence-corrected chi connectivity index (χ4v) is 7.25. The highest BCUT2D eigenvalue weighted by atomic mass is 32.2. The highest BCUT2D eigenvalue weighted by Gasteiger charge is 2.34. The monoisotopic (exact) mass is 639 g/mol. The van der Waals surface area contributed by atoms with Gasteiger partial charge in [-0.05, 0) is 85.8 Å². The van der Waals surface area contributed by atoms with Crippen LogP contribution in [-0.2, 0) is 26.2 Å². The first-order valence-electron chi connectivity index (χ1n) is 15.8. The Morgan fingerprint density at radius 3 is 2.04 bits per heavy atom. The molecule has 0 aliphatic heterocycles. The molecule has 0 saturated heterocycles. The third kappa shape index (κ3) is 7.95. The van der Waals surface area contributed by atoms with Gasteiger partial charge in [-0.2, -0.15) is 0 Å². The van der Waals surface area contributed by atoms with E-state index >= 15 is 0 Å². The highest BCUT2D eigenvalue weighted by Crippen LogP contribution is 2.29. The number of rotatable bonds is 13. The lowest BCUT2D eigenvalue weighted by molar-refractivity contribution is -0.140. The quantitative estimate of drug-likeness (QED) is 0.173. The summed E-state index contributed by atoms with van der Waals surface area (Å²) in [6, 6.07) is 31.0. The normalized spacial score (nSPS) is 14.0. The molecule has 1 aliphatic rings. The average molecular weight is 640 g/mol. The second kappa shape index (κ2) is 15.1. The molecule has 240 valence electrons. The van der Waals surface area contributed by atoms with Gasteiger partial charge in [0.15, 0.2) is 0 Å². The number of aryl methyl sites for hydroxylation is 1. The summed E-state index contributed by atoms with van der Waals surface area (Å²) in [5, 5.41) is 3.15. The van der Waals surface area contributed by atoms with Gasteiger partial charge < -0.3 is 15.0 Å². The summed E-state index contributed by atoms with van der Waals surface area (Å²) in [5.74, 6) is 0.485. The maximum atomic E-state index is 14.4. The summed E-state index contributed by atoms with van der Waals surface area (Å²) in [4.78, 5) is 29.6. The molecule has 8 nitrogen and oxygen atoms in total. The van der Waals surface area contributed by atoms with Gasteiger partial charge in [-0.15, -0.1) is 0 Å². The molecule has 9 heteroatoms. The number of hydrogen-bond donors (Lipinski definition) is 1. The molecule has 0 heterocycles.